The summed E-state index contributed by atoms with van der Waals surface area (Å²) in [4.78, 5) is 24.5. The zero-order valence-corrected chi connectivity index (χ0v) is 13.4. The topological polar surface area (TPSA) is 93.3 Å². The van der Waals surface area contributed by atoms with Crippen molar-refractivity contribution in [3.05, 3.63) is 35.7 Å². The van der Waals surface area contributed by atoms with Crippen molar-refractivity contribution >= 4 is 17.4 Å². The number of primary amides is 1. The van der Waals surface area contributed by atoms with Gasteiger partial charge in [-0.3, -0.25) is 9.78 Å². The van der Waals surface area contributed by atoms with Gasteiger partial charge in [-0.15, -0.1) is 0 Å². The molecule has 0 saturated carbocycles. The average molecular weight is 344 g/mol. The average Bonchev–Trinajstić information content (AvgIpc) is 2.47. The number of carbonyl (C=O) groups excluding carboxylic acids is 1. The number of allylic oxidation sites excluding steroid dienone is 2. The first-order valence-electron chi connectivity index (χ1n) is 7.18. The van der Waals surface area contributed by atoms with Gasteiger partial charge in [-0.1, -0.05) is 19.9 Å². The molecule has 132 valence electrons. The van der Waals surface area contributed by atoms with Crippen LogP contribution in [0, 0.1) is 5.41 Å². The van der Waals surface area contributed by atoms with Crippen molar-refractivity contribution in [1.82, 2.24) is 4.98 Å². The normalized spacial score (nSPS) is 16.5. The number of alkyl halides is 3. The van der Waals surface area contributed by atoms with E-state index in [0.29, 0.717) is 11.0 Å². The van der Waals surface area contributed by atoms with E-state index >= 15 is 0 Å². The predicted octanol–water partition coefficient (Wildman–Crippen LogP) is 3.41. The van der Waals surface area contributed by atoms with Crippen LogP contribution in [0.1, 0.15) is 49.2 Å². The second kappa shape index (κ2) is 7.46. The van der Waals surface area contributed by atoms with Gasteiger partial charge in [0.15, 0.2) is 0 Å². The van der Waals surface area contributed by atoms with E-state index in [1.54, 1.807) is 18.3 Å². The van der Waals surface area contributed by atoms with Crippen LogP contribution in [0.15, 0.2) is 24.4 Å². The molecular formula is C16H19F3N2O3. The molecule has 3 N–H and O–H groups in total. The fraction of sp³-hybridized carbons (Fsp3) is 0.438. The lowest BCUT2D eigenvalue weighted by molar-refractivity contribution is -0.192. The van der Waals surface area contributed by atoms with Crippen LogP contribution in [0.5, 0.6) is 0 Å². The van der Waals surface area contributed by atoms with Crippen LogP contribution in [0.25, 0.3) is 5.57 Å². The summed E-state index contributed by atoms with van der Waals surface area (Å²) in [5.41, 5.74) is 8.16. The first-order chi connectivity index (χ1) is 10.9. The lowest BCUT2D eigenvalue weighted by Gasteiger charge is -2.28. The van der Waals surface area contributed by atoms with E-state index in [9.17, 15) is 18.0 Å². The van der Waals surface area contributed by atoms with E-state index in [1.807, 2.05) is 0 Å². The summed E-state index contributed by atoms with van der Waals surface area (Å²) in [5.74, 6) is -3.16. The molecule has 1 aromatic rings. The standard InChI is InChI=1S/C14H18N2O.C2HF3O2/c1-14(2)7-5-10(6-8-14)12-11(13(15)17)4-3-9-16-12;3-2(4,5)1(6)7/h3-5,9H,6-8H2,1-2H3,(H2,15,17);(H,6,7). The quantitative estimate of drug-likeness (QED) is 0.860. The molecule has 0 radical (unpaired) electrons. The molecule has 1 amide bonds. The van der Waals surface area contributed by atoms with Gasteiger partial charge < -0.3 is 10.8 Å². The second-order valence-electron chi connectivity index (χ2n) is 6.16. The summed E-state index contributed by atoms with van der Waals surface area (Å²) in [6, 6.07) is 3.49. The Bertz CT molecular complexity index is 652. The fourth-order valence-corrected chi connectivity index (χ4v) is 2.15. The Labute approximate surface area is 137 Å². The van der Waals surface area contributed by atoms with Gasteiger partial charge in [0.1, 0.15) is 0 Å². The third-order valence-electron chi connectivity index (χ3n) is 3.59. The molecule has 0 atom stereocenters. The van der Waals surface area contributed by atoms with Gasteiger partial charge in [-0.2, -0.15) is 13.2 Å². The molecule has 0 saturated heterocycles. The summed E-state index contributed by atoms with van der Waals surface area (Å²) in [7, 11) is 0. The minimum atomic E-state index is -5.08. The Kier molecular flexibility index (Phi) is 6.11. The maximum atomic E-state index is 11.3. The molecular weight excluding hydrogens is 325 g/mol. The summed E-state index contributed by atoms with van der Waals surface area (Å²) < 4.78 is 31.7. The summed E-state index contributed by atoms with van der Waals surface area (Å²) in [6.07, 6.45) is 1.93. The maximum Gasteiger partial charge on any atom is 0.490 e. The van der Waals surface area contributed by atoms with Crippen LogP contribution in [-0.4, -0.2) is 28.1 Å². The molecule has 0 spiro atoms. The van der Waals surface area contributed by atoms with Crippen molar-refractivity contribution in [2.75, 3.05) is 0 Å². The van der Waals surface area contributed by atoms with Crippen LogP contribution < -0.4 is 5.73 Å². The highest BCUT2D eigenvalue weighted by Crippen LogP contribution is 2.37. The van der Waals surface area contributed by atoms with Crippen molar-refractivity contribution in [3.8, 4) is 0 Å². The molecule has 1 aromatic heterocycles. The number of halogens is 3. The van der Waals surface area contributed by atoms with Gasteiger partial charge in [0.05, 0.1) is 11.3 Å². The number of carboxylic acids is 1. The first kappa shape index (κ1) is 19.7. The molecule has 5 nitrogen and oxygen atoms in total. The molecule has 0 bridgehead atoms. The minimum absolute atomic E-state index is 0.352. The number of aromatic nitrogens is 1. The Morgan fingerprint density at radius 2 is 1.92 bits per heavy atom. The molecule has 1 heterocycles. The SMILES string of the molecule is CC1(C)CC=C(c2ncccc2C(N)=O)CC1.O=C(O)C(F)(F)F. The Morgan fingerprint density at radius 3 is 2.33 bits per heavy atom. The van der Waals surface area contributed by atoms with Crippen molar-refractivity contribution < 1.29 is 27.9 Å². The third kappa shape index (κ3) is 5.68. The molecule has 1 aliphatic rings. The number of nitrogens with two attached hydrogens (primary N) is 1. The summed E-state index contributed by atoms with van der Waals surface area (Å²) >= 11 is 0. The zero-order chi connectivity index (χ0) is 18.5. The van der Waals surface area contributed by atoms with Crippen LogP contribution in [0.2, 0.25) is 0 Å². The van der Waals surface area contributed by atoms with Crippen molar-refractivity contribution in [2.45, 2.75) is 39.3 Å². The lowest BCUT2D eigenvalue weighted by atomic mass is 9.77. The summed E-state index contributed by atoms with van der Waals surface area (Å²) in [5, 5.41) is 7.12. The van der Waals surface area contributed by atoms with Crippen molar-refractivity contribution in [2.24, 2.45) is 11.1 Å². The minimum Gasteiger partial charge on any atom is -0.475 e. The smallest absolute Gasteiger partial charge is 0.475 e. The highest BCUT2D eigenvalue weighted by Gasteiger charge is 2.38. The Morgan fingerprint density at radius 1 is 1.33 bits per heavy atom. The number of carbonyl (C=O) groups is 2. The van der Waals surface area contributed by atoms with Gasteiger partial charge >= 0.3 is 12.1 Å². The fourth-order valence-electron chi connectivity index (χ4n) is 2.15. The van der Waals surface area contributed by atoms with E-state index in [1.165, 1.54) is 0 Å². The Hall–Kier alpha value is -2.38. The molecule has 0 aliphatic heterocycles. The van der Waals surface area contributed by atoms with Crippen molar-refractivity contribution in [1.29, 1.82) is 0 Å². The number of hydrogen-bond donors (Lipinski definition) is 2. The van der Waals surface area contributed by atoms with E-state index in [-0.39, 0.29) is 0 Å². The number of pyridine rings is 1. The number of nitrogens with zero attached hydrogens (tertiary/aromatic N) is 1. The molecule has 8 heteroatoms. The van der Waals surface area contributed by atoms with E-state index in [2.05, 4.69) is 24.9 Å². The van der Waals surface area contributed by atoms with Gasteiger partial charge in [-0.05, 0) is 42.4 Å². The summed E-state index contributed by atoms with van der Waals surface area (Å²) in [6.45, 7) is 4.52. The second-order valence-corrected chi connectivity index (χ2v) is 6.16. The molecule has 0 unspecified atom stereocenters. The van der Waals surface area contributed by atoms with E-state index in [0.717, 1.165) is 30.5 Å². The number of amides is 1. The zero-order valence-electron chi connectivity index (χ0n) is 13.4. The molecule has 2 rings (SSSR count). The van der Waals surface area contributed by atoms with Gasteiger partial charge in [0.25, 0.3) is 5.91 Å². The number of carboxylic acid groups (broad SMARTS) is 1. The number of rotatable bonds is 2. The number of aliphatic carboxylic acids is 1. The first-order valence-corrected chi connectivity index (χ1v) is 7.18. The van der Waals surface area contributed by atoms with E-state index in [4.69, 9.17) is 15.6 Å². The maximum absolute atomic E-state index is 11.3. The van der Waals surface area contributed by atoms with E-state index < -0.39 is 18.1 Å². The van der Waals surface area contributed by atoms with Crippen LogP contribution in [-0.2, 0) is 4.79 Å². The Balaban J connectivity index is 0.000000351. The highest BCUT2D eigenvalue weighted by atomic mass is 19.4. The predicted molar refractivity (Wildman–Crippen MR) is 82.1 cm³/mol. The van der Waals surface area contributed by atoms with Crippen molar-refractivity contribution in [3.63, 3.8) is 0 Å². The molecule has 24 heavy (non-hydrogen) atoms. The molecule has 1 aliphatic carbocycles. The van der Waals surface area contributed by atoms with Gasteiger partial charge in [-0.25, -0.2) is 4.79 Å². The van der Waals surface area contributed by atoms with Gasteiger partial charge in [0, 0.05) is 6.20 Å². The number of hydrogen-bond acceptors (Lipinski definition) is 3. The molecule has 0 aromatic carbocycles. The monoisotopic (exact) mass is 344 g/mol. The largest absolute Gasteiger partial charge is 0.490 e. The third-order valence-corrected chi connectivity index (χ3v) is 3.59. The van der Waals surface area contributed by atoms with Crippen LogP contribution in [0.4, 0.5) is 13.2 Å². The lowest BCUT2D eigenvalue weighted by Crippen LogP contribution is -2.21. The highest BCUT2D eigenvalue weighted by molar-refractivity contribution is 5.97. The van der Waals surface area contributed by atoms with Crippen LogP contribution >= 0.6 is 0 Å². The van der Waals surface area contributed by atoms with Crippen LogP contribution in [0.3, 0.4) is 0 Å². The molecule has 0 fully saturated rings. The van der Waals surface area contributed by atoms with Gasteiger partial charge in [0.2, 0.25) is 0 Å².